The topological polar surface area (TPSA) is 30.7 Å². The van der Waals surface area contributed by atoms with Crippen molar-refractivity contribution in [1.29, 1.82) is 0 Å². The second-order valence-electron chi connectivity index (χ2n) is 5.39. The fourth-order valence-corrected chi connectivity index (χ4v) is 2.67. The number of fused-ring (bicyclic) bond motifs is 1. The third-order valence-corrected chi connectivity index (χ3v) is 3.72. The van der Waals surface area contributed by atoms with Crippen molar-refractivity contribution in [1.82, 2.24) is 4.40 Å². The van der Waals surface area contributed by atoms with E-state index in [9.17, 15) is 4.79 Å². The molecule has 0 unspecified atom stereocenters. The summed E-state index contributed by atoms with van der Waals surface area (Å²) in [7, 11) is 0. The first kappa shape index (κ1) is 15.1. The summed E-state index contributed by atoms with van der Waals surface area (Å²) in [4.78, 5) is 11.7. The molecule has 23 heavy (non-hydrogen) atoms. The van der Waals surface area contributed by atoms with E-state index in [0.717, 1.165) is 22.3 Å². The summed E-state index contributed by atoms with van der Waals surface area (Å²) < 4.78 is 7.07. The summed E-state index contributed by atoms with van der Waals surface area (Å²) in [5.74, 6) is -0.325. The van der Waals surface area contributed by atoms with Gasteiger partial charge in [0, 0.05) is 23.4 Å². The van der Waals surface area contributed by atoms with Gasteiger partial charge in [0.1, 0.15) is 0 Å². The second kappa shape index (κ2) is 6.53. The lowest BCUT2D eigenvalue weighted by Gasteiger charge is -2.03. The minimum absolute atomic E-state index is 0.325. The van der Waals surface area contributed by atoms with E-state index in [-0.39, 0.29) is 5.97 Å². The number of carbonyl (C=O) groups is 1. The fourth-order valence-electron chi connectivity index (χ4n) is 2.67. The molecule has 0 radical (unpaired) electrons. The highest BCUT2D eigenvalue weighted by Crippen LogP contribution is 2.29. The van der Waals surface area contributed by atoms with E-state index in [0.29, 0.717) is 6.61 Å². The molecule has 1 aromatic carbocycles. The number of ether oxygens (including phenoxy) is 1. The van der Waals surface area contributed by atoms with Gasteiger partial charge in [-0.3, -0.25) is 0 Å². The van der Waals surface area contributed by atoms with Crippen molar-refractivity contribution in [2.75, 3.05) is 6.61 Å². The highest BCUT2D eigenvalue weighted by Gasteiger charge is 2.10. The first-order valence-electron chi connectivity index (χ1n) is 7.71. The van der Waals surface area contributed by atoms with Gasteiger partial charge in [0.2, 0.25) is 0 Å². The van der Waals surface area contributed by atoms with Crippen LogP contribution in [0.1, 0.15) is 18.2 Å². The fraction of sp³-hybridized carbons (Fsp3) is 0.150. The van der Waals surface area contributed by atoms with Crippen LogP contribution in [0, 0.1) is 6.92 Å². The van der Waals surface area contributed by atoms with Crippen LogP contribution < -0.4 is 0 Å². The van der Waals surface area contributed by atoms with Gasteiger partial charge in [-0.25, -0.2) is 4.79 Å². The lowest BCUT2D eigenvalue weighted by atomic mass is 10.1. The number of hydrogen-bond acceptors (Lipinski definition) is 2. The molecule has 3 nitrogen and oxygen atoms in total. The Morgan fingerprint density at radius 1 is 1.17 bits per heavy atom. The van der Waals surface area contributed by atoms with Crippen molar-refractivity contribution in [2.45, 2.75) is 13.8 Å². The minimum Gasteiger partial charge on any atom is -0.463 e. The summed E-state index contributed by atoms with van der Waals surface area (Å²) in [6, 6.07) is 16.5. The molecule has 0 aliphatic rings. The van der Waals surface area contributed by atoms with Gasteiger partial charge in [0.05, 0.1) is 12.3 Å². The van der Waals surface area contributed by atoms with Crippen molar-refractivity contribution >= 4 is 17.6 Å². The lowest BCUT2D eigenvalue weighted by molar-refractivity contribution is -0.137. The number of aryl methyl sites for hydroxylation is 1. The van der Waals surface area contributed by atoms with Gasteiger partial charge in [0.25, 0.3) is 0 Å². The van der Waals surface area contributed by atoms with Crippen molar-refractivity contribution in [3.63, 3.8) is 0 Å². The maximum absolute atomic E-state index is 11.7. The maximum Gasteiger partial charge on any atom is 0.330 e. The zero-order valence-corrected chi connectivity index (χ0v) is 13.3. The minimum atomic E-state index is -0.325. The van der Waals surface area contributed by atoms with Crippen molar-refractivity contribution < 1.29 is 9.53 Å². The zero-order valence-electron chi connectivity index (χ0n) is 13.3. The number of nitrogens with zero attached hydrogens (tertiary/aromatic N) is 1. The molecule has 116 valence electrons. The molecule has 0 N–H and O–H groups in total. The second-order valence-corrected chi connectivity index (χ2v) is 5.39. The quantitative estimate of drug-likeness (QED) is 0.525. The molecule has 3 rings (SSSR count). The van der Waals surface area contributed by atoms with Gasteiger partial charge in [-0.1, -0.05) is 30.3 Å². The zero-order chi connectivity index (χ0) is 16.2. The molecule has 0 aliphatic heterocycles. The van der Waals surface area contributed by atoms with Gasteiger partial charge in [-0.05, 0) is 49.2 Å². The number of benzene rings is 1. The molecule has 2 aromatic heterocycles. The Hall–Kier alpha value is -2.81. The standard InChI is InChI=1S/C20H19NO2/c1-3-23-20(22)10-9-19-18(16-7-5-4-6-8-16)14-17-13-15(2)11-12-21(17)19/h4-14H,3H2,1-2H3/b10-9+. The van der Waals surface area contributed by atoms with Crippen LogP contribution in [0.25, 0.3) is 22.7 Å². The molecule has 0 bridgehead atoms. The molecule has 0 spiro atoms. The van der Waals surface area contributed by atoms with Crippen LogP contribution >= 0.6 is 0 Å². The van der Waals surface area contributed by atoms with Crippen molar-refractivity contribution in [2.24, 2.45) is 0 Å². The number of esters is 1. The number of aromatic nitrogens is 1. The highest BCUT2D eigenvalue weighted by molar-refractivity contribution is 5.90. The van der Waals surface area contributed by atoms with E-state index < -0.39 is 0 Å². The van der Waals surface area contributed by atoms with Crippen LogP contribution in [0.15, 0.2) is 60.8 Å². The Bertz CT molecular complexity index is 860. The number of rotatable bonds is 4. The molecule has 3 aromatic rings. The summed E-state index contributed by atoms with van der Waals surface area (Å²) in [6.45, 7) is 4.25. The predicted molar refractivity (Wildman–Crippen MR) is 93.2 cm³/mol. The predicted octanol–water partition coefficient (Wildman–Crippen LogP) is 4.49. The van der Waals surface area contributed by atoms with Crippen LogP contribution in [0.3, 0.4) is 0 Å². The first-order chi connectivity index (χ1) is 11.2. The molecule has 0 aliphatic carbocycles. The molecule has 0 fully saturated rings. The van der Waals surface area contributed by atoms with E-state index in [4.69, 9.17) is 4.74 Å². The summed E-state index contributed by atoms with van der Waals surface area (Å²) in [5, 5.41) is 0. The van der Waals surface area contributed by atoms with Gasteiger partial charge < -0.3 is 9.14 Å². The highest BCUT2D eigenvalue weighted by atomic mass is 16.5. The van der Waals surface area contributed by atoms with Crippen LogP contribution in [-0.2, 0) is 9.53 Å². The Morgan fingerprint density at radius 2 is 1.96 bits per heavy atom. The molecule has 0 saturated carbocycles. The van der Waals surface area contributed by atoms with Crippen LogP contribution in [-0.4, -0.2) is 17.0 Å². The molecular weight excluding hydrogens is 286 g/mol. The normalized spacial score (nSPS) is 11.2. The van der Waals surface area contributed by atoms with Crippen molar-refractivity contribution in [3.8, 4) is 11.1 Å². The SMILES string of the molecule is CCOC(=O)/C=C/c1c(-c2ccccc2)cc2cc(C)ccn12. The van der Waals surface area contributed by atoms with Gasteiger partial charge >= 0.3 is 5.97 Å². The Kier molecular flexibility index (Phi) is 4.29. The Labute approximate surface area is 135 Å². The first-order valence-corrected chi connectivity index (χ1v) is 7.71. The molecule has 0 saturated heterocycles. The monoisotopic (exact) mass is 305 g/mol. The van der Waals surface area contributed by atoms with Gasteiger partial charge in [0.15, 0.2) is 0 Å². The largest absolute Gasteiger partial charge is 0.463 e. The molecule has 2 heterocycles. The van der Waals surface area contributed by atoms with Gasteiger partial charge in [-0.15, -0.1) is 0 Å². The maximum atomic E-state index is 11.7. The molecule has 0 amide bonds. The summed E-state index contributed by atoms with van der Waals surface area (Å²) in [6.07, 6.45) is 5.34. The van der Waals surface area contributed by atoms with E-state index in [2.05, 4.69) is 41.7 Å². The van der Waals surface area contributed by atoms with Crippen LogP contribution in [0.2, 0.25) is 0 Å². The number of carbonyl (C=O) groups excluding carboxylic acids is 1. The molecule has 3 heteroatoms. The Morgan fingerprint density at radius 3 is 2.70 bits per heavy atom. The summed E-state index contributed by atoms with van der Waals surface area (Å²) in [5.41, 5.74) is 5.50. The smallest absolute Gasteiger partial charge is 0.330 e. The van der Waals surface area contributed by atoms with E-state index in [1.54, 1.807) is 6.92 Å². The van der Waals surface area contributed by atoms with E-state index >= 15 is 0 Å². The van der Waals surface area contributed by atoms with Gasteiger partial charge in [-0.2, -0.15) is 0 Å². The van der Waals surface area contributed by atoms with E-state index in [1.165, 1.54) is 11.6 Å². The number of pyridine rings is 1. The third kappa shape index (κ3) is 3.19. The number of hydrogen-bond donors (Lipinski definition) is 0. The van der Waals surface area contributed by atoms with E-state index in [1.807, 2.05) is 30.5 Å². The molecular formula is C20H19NO2. The molecule has 0 atom stereocenters. The average molecular weight is 305 g/mol. The van der Waals surface area contributed by atoms with Crippen LogP contribution in [0.5, 0.6) is 0 Å². The third-order valence-electron chi connectivity index (χ3n) is 3.72. The van der Waals surface area contributed by atoms with Crippen LogP contribution in [0.4, 0.5) is 0 Å². The lowest BCUT2D eigenvalue weighted by Crippen LogP contribution is -1.99. The Balaban J connectivity index is 2.14. The average Bonchev–Trinajstić information content (AvgIpc) is 2.91. The summed E-state index contributed by atoms with van der Waals surface area (Å²) >= 11 is 0. The van der Waals surface area contributed by atoms with Crippen molar-refractivity contribution in [3.05, 3.63) is 72.1 Å².